The fraction of sp³-hybridized carbons (Fsp3) is 0.105. The van der Waals surface area contributed by atoms with E-state index in [2.05, 4.69) is 15.5 Å². The van der Waals surface area contributed by atoms with Crippen LogP contribution in [0.3, 0.4) is 0 Å². The van der Waals surface area contributed by atoms with E-state index in [1.807, 2.05) is 24.3 Å². The van der Waals surface area contributed by atoms with Gasteiger partial charge in [-0.15, -0.1) is 10.2 Å². The summed E-state index contributed by atoms with van der Waals surface area (Å²) in [6, 6.07) is 12.6. The summed E-state index contributed by atoms with van der Waals surface area (Å²) in [5.41, 5.74) is 1.41. The molecule has 0 atom stereocenters. The van der Waals surface area contributed by atoms with Crippen LogP contribution >= 0.6 is 46.6 Å². The molecule has 0 aliphatic carbocycles. The summed E-state index contributed by atoms with van der Waals surface area (Å²) in [6.07, 6.45) is 1.66. The van der Waals surface area contributed by atoms with E-state index in [0.29, 0.717) is 37.4 Å². The minimum absolute atomic E-state index is 0.162. The molecule has 0 unspecified atom stereocenters. The van der Waals surface area contributed by atoms with Gasteiger partial charge in [0, 0.05) is 16.8 Å². The molecule has 0 aliphatic rings. The third-order valence-corrected chi connectivity index (χ3v) is 5.66. The van der Waals surface area contributed by atoms with Crippen molar-refractivity contribution in [1.29, 1.82) is 0 Å². The molecule has 4 aromatic rings. The number of aromatic nitrogens is 3. The van der Waals surface area contributed by atoms with Gasteiger partial charge in [0.2, 0.25) is 5.91 Å². The number of furan rings is 1. The summed E-state index contributed by atoms with van der Waals surface area (Å²) >= 11 is 19.3. The lowest BCUT2D eigenvalue weighted by molar-refractivity contribution is -0.118. The predicted molar refractivity (Wildman–Crippen MR) is 115 cm³/mol. The van der Waals surface area contributed by atoms with Crippen LogP contribution < -0.4 is 5.32 Å². The van der Waals surface area contributed by atoms with E-state index in [1.165, 1.54) is 11.8 Å². The lowest BCUT2D eigenvalue weighted by Crippen LogP contribution is -2.24. The number of benzene rings is 1. The number of amides is 1. The third kappa shape index (κ3) is 4.70. The Morgan fingerprint density at radius 1 is 1.07 bits per heavy atom. The molecule has 10 heteroatoms. The summed E-state index contributed by atoms with van der Waals surface area (Å²) in [5, 5.41) is 12.9. The molecule has 1 amide bonds. The van der Waals surface area contributed by atoms with Crippen molar-refractivity contribution in [3.05, 3.63) is 69.5 Å². The van der Waals surface area contributed by atoms with Crippen LogP contribution in [0, 0.1) is 0 Å². The minimum atomic E-state index is -0.163. The first-order valence-electron chi connectivity index (χ1n) is 8.43. The summed E-state index contributed by atoms with van der Waals surface area (Å²) < 4.78 is 7.43. The van der Waals surface area contributed by atoms with Crippen LogP contribution in [-0.4, -0.2) is 26.3 Å². The van der Waals surface area contributed by atoms with E-state index in [9.17, 15) is 4.79 Å². The fourth-order valence-corrected chi connectivity index (χ4v) is 3.98. The van der Waals surface area contributed by atoms with Crippen LogP contribution in [0.25, 0.3) is 17.0 Å². The molecule has 3 heterocycles. The molecule has 1 N–H and O–H groups in total. The van der Waals surface area contributed by atoms with Gasteiger partial charge in [0.15, 0.2) is 10.8 Å². The number of thioether (sulfide) groups is 1. The average molecular weight is 468 g/mol. The normalized spacial score (nSPS) is 11.1. The van der Waals surface area contributed by atoms with Gasteiger partial charge < -0.3 is 9.73 Å². The van der Waals surface area contributed by atoms with Gasteiger partial charge in [0.25, 0.3) is 0 Å². The molecular formula is C19H13Cl3N4O2S. The van der Waals surface area contributed by atoms with Crippen LogP contribution in [0.1, 0.15) is 5.76 Å². The smallest absolute Gasteiger partial charge is 0.230 e. The highest BCUT2D eigenvalue weighted by Crippen LogP contribution is 2.26. The van der Waals surface area contributed by atoms with E-state index in [4.69, 9.17) is 39.2 Å². The number of nitrogens with one attached hydrogen (secondary N) is 1. The fourth-order valence-electron chi connectivity index (χ4n) is 2.61. The third-order valence-electron chi connectivity index (χ3n) is 3.98. The van der Waals surface area contributed by atoms with Crippen molar-refractivity contribution in [2.75, 3.05) is 5.75 Å². The van der Waals surface area contributed by atoms with Crippen LogP contribution in [0.5, 0.6) is 0 Å². The number of hydrogen-bond donors (Lipinski definition) is 1. The Kier molecular flexibility index (Phi) is 6.01. The van der Waals surface area contributed by atoms with Crippen molar-refractivity contribution in [2.45, 2.75) is 11.7 Å². The molecule has 0 aliphatic heterocycles. The summed E-state index contributed by atoms with van der Waals surface area (Å²) in [7, 11) is 0. The standard InChI is InChI=1S/C19H13Cl3N4O2S/c20-12-3-1-11(2-4-12)16-6-5-14(28-16)8-23-17(27)10-29-19-25-24-18-15(22)7-13(21)9-26(18)19/h1-7,9H,8,10H2,(H,23,27). The van der Waals surface area contributed by atoms with Crippen LogP contribution in [-0.2, 0) is 11.3 Å². The molecule has 0 bridgehead atoms. The highest BCUT2D eigenvalue weighted by molar-refractivity contribution is 7.99. The molecule has 3 aromatic heterocycles. The van der Waals surface area contributed by atoms with E-state index < -0.39 is 0 Å². The second-order valence-corrected chi connectivity index (χ2v) is 8.24. The van der Waals surface area contributed by atoms with E-state index in [-0.39, 0.29) is 18.2 Å². The van der Waals surface area contributed by atoms with Crippen LogP contribution in [0.15, 0.2) is 58.2 Å². The van der Waals surface area contributed by atoms with Gasteiger partial charge in [-0.25, -0.2) is 0 Å². The summed E-state index contributed by atoms with van der Waals surface area (Å²) in [6.45, 7) is 0.283. The van der Waals surface area contributed by atoms with Crippen LogP contribution in [0.4, 0.5) is 0 Å². The van der Waals surface area contributed by atoms with Crippen molar-refractivity contribution in [1.82, 2.24) is 19.9 Å². The first kappa shape index (κ1) is 20.1. The number of hydrogen-bond acceptors (Lipinski definition) is 5. The highest BCUT2D eigenvalue weighted by atomic mass is 35.5. The largest absolute Gasteiger partial charge is 0.459 e. The maximum atomic E-state index is 12.2. The van der Waals surface area contributed by atoms with Crippen molar-refractivity contribution in [2.24, 2.45) is 0 Å². The topological polar surface area (TPSA) is 72.4 Å². The van der Waals surface area contributed by atoms with Gasteiger partial charge in [0.05, 0.1) is 22.3 Å². The Hall–Kier alpha value is -2.19. The molecule has 0 saturated carbocycles. The lowest BCUT2D eigenvalue weighted by atomic mass is 10.2. The Labute approximate surface area is 185 Å². The van der Waals surface area contributed by atoms with Gasteiger partial charge in [-0.05, 0) is 42.5 Å². The Morgan fingerprint density at radius 3 is 2.66 bits per heavy atom. The van der Waals surface area contributed by atoms with E-state index in [0.717, 1.165) is 5.56 Å². The number of nitrogens with zero attached hydrogens (tertiary/aromatic N) is 3. The molecule has 0 fully saturated rings. The van der Waals surface area contributed by atoms with Gasteiger partial charge in [-0.2, -0.15) is 0 Å². The number of pyridine rings is 1. The molecule has 0 radical (unpaired) electrons. The minimum Gasteiger partial charge on any atom is -0.459 e. The number of fused-ring (bicyclic) bond motifs is 1. The number of rotatable bonds is 6. The van der Waals surface area contributed by atoms with Gasteiger partial charge in [0.1, 0.15) is 11.5 Å². The predicted octanol–water partition coefficient (Wildman–Crippen LogP) is 5.36. The van der Waals surface area contributed by atoms with Crippen molar-refractivity contribution in [3.8, 4) is 11.3 Å². The second kappa shape index (κ2) is 8.67. The Morgan fingerprint density at radius 2 is 1.86 bits per heavy atom. The first-order valence-corrected chi connectivity index (χ1v) is 10.6. The number of carbonyl (C=O) groups is 1. The second-order valence-electron chi connectivity index (χ2n) is 6.02. The van der Waals surface area contributed by atoms with Crippen molar-refractivity contribution < 1.29 is 9.21 Å². The van der Waals surface area contributed by atoms with Gasteiger partial charge in [-0.1, -0.05) is 46.6 Å². The Balaban J connectivity index is 1.34. The molecule has 0 spiro atoms. The Bertz CT molecular complexity index is 1170. The molecule has 29 heavy (non-hydrogen) atoms. The number of carbonyl (C=O) groups excluding carboxylic acids is 1. The molecular weight excluding hydrogens is 455 g/mol. The molecule has 0 saturated heterocycles. The maximum Gasteiger partial charge on any atom is 0.230 e. The van der Waals surface area contributed by atoms with E-state index >= 15 is 0 Å². The number of halogens is 3. The summed E-state index contributed by atoms with van der Waals surface area (Å²) in [5.74, 6) is 1.36. The van der Waals surface area contributed by atoms with Crippen molar-refractivity contribution in [3.63, 3.8) is 0 Å². The molecule has 148 valence electrons. The summed E-state index contributed by atoms with van der Waals surface area (Å²) in [4.78, 5) is 12.2. The quantitative estimate of drug-likeness (QED) is 0.387. The van der Waals surface area contributed by atoms with Gasteiger partial charge in [-0.3, -0.25) is 9.20 Å². The van der Waals surface area contributed by atoms with Crippen LogP contribution in [0.2, 0.25) is 15.1 Å². The zero-order chi connectivity index (χ0) is 20.4. The van der Waals surface area contributed by atoms with E-state index in [1.54, 1.807) is 28.8 Å². The highest BCUT2D eigenvalue weighted by Gasteiger charge is 2.13. The zero-order valence-electron chi connectivity index (χ0n) is 14.7. The van der Waals surface area contributed by atoms with Gasteiger partial charge >= 0.3 is 0 Å². The average Bonchev–Trinajstić information content (AvgIpc) is 3.32. The molecule has 1 aromatic carbocycles. The molecule has 6 nitrogen and oxygen atoms in total. The first-order chi connectivity index (χ1) is 14.0. The zero-order valence-corrected chi connectivity index (χ0v) is 17.8. The monoisotopic (exact) mass is 466 g/mol. The SMILES string of the molecule is O=C(CSc1nnc2c(Cl)cc(Cl)cn12)NCc1ccc(-c2ccc(Cl)cc2)o1. The lowest BCUT2D eigenvalue weighted by Gasteiger charge is -2.04. The molecule has 4 rings (SSSR count). The maximum absolute atomic E-state index is 12.2. The van der Waals surface area contributed by atoms with Crippen molar-refractivity contribution >= 4 is 58.1 Å².